The molecule has 0 unspecified atom stereocenters. The lowest BCUT2D eigenvalue weighted by Gasteiger charge is -2.28. The number of nitrogens with zero attached hydrogens (tertiary/aromatic N) is 1. The number of cyclic esters (lactones) is 1. The van der Waals surface area contributed by atoms with Gasteiger partial charge in [0.2, 0.25) is 0 Å². The second-order valence-electron chi connectivity index (χ2n) is 11.1. The van der Waals surface area contributed by atoms with Gasteiger partial charge in [0.15, 0.2) is 5.89 Å². The predicted molar refractivity (Wildman–Crippen MR) is 155 cm³/mol. The molecule has 1 aromatic heterocycles. The number of carbonyl (C=O) groups is 3. The Labute approximate surface area is 247 Å². The topological polar surface area (TPSA) is 145 Å². The molecule has 0 aliphatic carbocycles. The SMILES string of the molecule is CC[C@H](C)Cc1ccc2c(c1OC(C)=O)C(=O)O[C@H](C[C@@H](/C=C/c1coc(C[C@H](O)[C@H](C)[C@H](O)CC)n1)OC(C)=O)C2. The summed E-state index contributed by atoms with van der Waals surface area (Å²) in [7, 11) is 0. The fourth-order valence-electron chi connectivity index (χ4n) is 4.96. The summed E-state index contributed by atoms with van der Waals surface area (Å²) in [4.78, 5) is 41.3. The van der Waals surface area contributed by atoms with Crippen molar-refractivity contribution in [3.05, 3.63) is 52.7 Å². The molecule has 3 rings (SSSR count). The van der Waals surface area contributed by atoms with Crippen LogP contribution in [0.15, 0.2) is 28.9 Å². The lowest BCUT2D eigenvalue weighted by molar-refractivity contribution is -0.145. The Hall–Kier alpha value is -3.50. The standard InChI is InChI=1S/C32H43NO9/c1-7-18(3)13-23-10-9-22-14-26(42-32(38)30(22)31(23)41-21(6)35)15-25(40-20(5)34)12-11-24-17-39-29(33-24)16-28(37)19(4)27(36)8-2/h9-12,17-19,25-28,36-37H,7-8,13-16H2,1-6H3/b12-11+/t18-,19+,25+,26-,27+,28-/m0/s1. The van der Waals surface area contributed by atoms with E-state index in [9.17, 15) is 24.6 Å². The lowest BCUT2D eigenvalue weighted by atomic mass is 9.90. The van der Waals surface area contributed by atoms with Crippen LogP contribution in [-0.4, -0.2) is 57.5 Å². The number of aliphatic hydroxyl groups excluding tert-OH is 2. The van der Waals surface area contributed by atoms with E-state index in [1.54, 1.807) is 19.1 Å². The van der Waals surface area contributed by atoms with E-state index in [-0.39, 0.29) is 30.1 Å². The van der Waals surface area contributed by atoms with E-state index < -0.39 is 42.3 Å². The monoisotopic (exact) mass is 585 g/mol. The van der Waals surface area contributed by atoms with Crippen LogP contribution in [-0.2, 0) is 38.3 Å². The highest BCUT2D eigenvalue weighted by Crippen LogP contribution is 2.35. The molecule has 0 saturated carbocycles. The smallest absolute Gasteiger partial charge is 0.342 e. The zero-order chi connectivity index (χ0) is 31.0. The van der Waals surface area contributed by atoms with Gasteiger partial charge in [-0.3, -0.25) is 9.59 Å². The van der Waals surface area contributed by atoms with Gasteiger partial charge in [-0.05, 0) is 42.0 Å². The van der Waals surface area contributed by atoms with Crippen LogP contribution >= 0.6 is 0 Å². The zero-order valence-electron chi connectivity index (χ0n) is 25.3. The quantitative estimate of drug-likeness (QED) is 0.238. The number of rotatable bonds is 14. The first-order valence-electron chi connectivity index (χ1n) is 14.6. The van der Waals surface area contributed by atoms with Crippen LogP contribution in [0.5, 0.6) is 5.75 Å². The summed E-state index contributed by atoms with van der Waals surface area (Å²) < 4.78 is 22.2. The lowest BCUT2D eigenvalue weighted by Crippen LogP contribution is -2.32. The number of fused-ring (bicyclic) bond motifs is 1. The van der Waals surface area contributed by atoms with Gasteiger partial charge in [0, 0.05) is 32.6 Å². The second-order valence-corrected chi connectivity index (χ2v) is 11.1. The van der Waals surface area contributed by atoms with Crippen molar-refractivity contribution < 1.29 is 43.2 Å². The van der Waals surface area contributed by atoms with Gasteiger partial charge < -0.3 is 28.8 Å². The molecule has 0 bridgehead atoms. The Bertz CT molecular complexity index is 1270. The molecule has 2 N–H and O–H groups in total. The number of oxazole rings is 1. The van der Waals surface area contributed by atoms with Crippen LogP contribution < -0.4 is 4.74 Å². The number of ether oxygens (including phenoxy) is 3. The normalized spacial score (nSPS) is 18.5. The number of hydrogen-bond donors (Lipinski definition) is 2. The molecule has 2 heterocycles. The summed E-state index contributed by atoms with van der Waals surface area (Å²) in [5.41, 5.74) is 2.21. The molecule has 0 spiro atoms. The maximum atomic E-state index is 13.2. The van der Waals surface area contributed by atoms with E-state index in [1.165, 1.54) is 20.1 Å². The number of benzene rings is 1. The summed E-state index contributed by atoms with van der Waals surface area (Å²) in [6, 6.07) is 3.76. The molecule has 0 fully saturated rings. The van der Waals surface area contributed by atoms with Crippen LogP contribution in [0.3, 0.4) is 0 Å². The molecule has 0 amide bonds. The van der Waals surface area contributed by atoms with Crippen molar-refractivity contribution >= 4 is 24.0 Å². The Morgan fingerprint density at radius 2 is 1.83 bits per heavy atom. The first-order valence-corrected chi connectivity index (χ1v) is 14.6. The Morgan fingerprint density at radius 1 is 1.10 bits per heavy atom. The van der Waals surface area contributed by atoms with Gasteiger partial charge in [0.05, 0.1) is 18.6 Å². The molecule has 6 atom stereocenters. The van der Waals surface area contributed by atoms with Gasteiger partial charge in [-0.15, -0.1) is 0 Å². The van der Waals surface area contributed by atoms with Gasteiger partial charge in [-0.25, -0.2) is 9.78 Å². The average Bonchev–Trinajstić information content (AvgIpc) is 3.38. The molecular formula is C32H43NO9. The molecule has 0 saturated heterocycles. The van der Waals surface area contributed by atoms with Gasteiger partial charge in [-0.2, -0.15) is 0 Å². The van der Waals surface area contributed by atoms with Gasteiger partial charge in [0.1, 0.15) is 35.5 Å². The van der Waals surface area contributed by atoms with Crippen molar-refractivity contribution in [2.45, 2.75) is 104 Å². The maximum Gasteiger partial charge on any atom is 0.342 e. The molecule has 0 radical (unpaired) electrons. The predicted octanol–water partition coefficient (Wildman–Crippen LogP) is 4.62. The molecule has 1 aliphatic rings. The molecule has 1 aromatic carbocycles. The van der Waals surface area contributed by atoms with Crippen molar-refractivity contribution in [3.8, 4) is 5.75 Å². The van der Waals surface area contributed by atoms with Gasteiger partial charge in [-0.1, -0.05) is 46.2 Å². The highest BCUT2D eigenvalue weighted by molar-refractivity contribution is 5.96. The van der Waals surface area contributed by atoms with Crippen LogP contribution in [0.25, 0.3) is 6.08 Å². The largest absolute Gasteiger partial charge is 0.458 e. The van der Waals surface area contributed by atoms with Gasteiger partial charge in [0.25, 0.3) is 0 Å². The van der Waals surface area contributed by atoms with E-state index in [0.717, 1.165) is 12.0 Å². The van der Waals surface area contributed by atoms with Crippen molar-refractivity contribution in [1.29, 1.82) is 0 Å². The third-order valence-electron chi connectivity index (χ3n) is 7.64. The zero-order valence-corrected chi connectivity index (χ0v) is 25.3. The van der Waals surface area contributed by atoms with Crippen LogP contribution in [0.2, 0.25) is 0 Å². The van der Waals surface area contributed by atoms with Crippen molar-refractivity contribution in [1.82, 2.24) is 4.98 Å². The highest BCUT2D eigenvalue weighted by Gasteiger charge is 2.33. The van der Waals surface area contributed by atoms with Crippen LogP contribution in [0.1, 0.15) is 93.9 Å². The third kappa shape index (κ3) is 9.00. The van der Waals surface area contributed by atoms with E-state index in [0.29, 0.717) is 42.3 Å². The second kappa shape index (κ2) is 15.1. The van der Waals surface area contributed by atoms with Crippen molar-refractivity contribution in [3.63, 3.8) is 0 Å². The summed E-state index contributed by atoms with van der Waals surface area (Å²) in [6.45, 7) is 10.4. The Balaban J connectivity index is 1.74. The van der Waals surface area contributed by atoms with E-state index in [1.807, 2.05) is 19.1 Å². The number of esters is 3. The molecule has 10 nitrogen and oxygen atoms in total. The van der Waals surface area contributed by atoms with Crippen LogP contribution in [0, 0.1) is 11.8 Å². The number of aliphatic hydroxyl groups is 2. The molecule has 230 valence electrons. The minimum atomic E-state index is -0.819. The first-order chi connectivity index (χ1) is 19.9. The van der Waals surface area contributed by atoms with Crippen LogP contribution in [0.4, 0.5) is 0 Å². The van der Waals surface area contributed by atoms with E-state index in [2.05, 4.69) is 18.8 Å². The Morgan fingerprint density at radius 3 is 2.48 bits per heavy atom. The van der Waals surface area contributed by atoms with E-state index >= 15 is 0 Å². The summed E-state index contributed by atoms with van der Waals surface area (Å²) in [5.74, 6) is -1.02. The first kappa shape index (κ1) is 33.0. The highest BCUT2D eigenvalue weighted by atomic mass is 16.6. The van der Waals surface area contributed by atoms with Crippen molar-refractivity contribution in [2.75, 3.05) is 0 Å². The molecule has 10 heteroatoms. The number of carbonyl (C=O) groups excluding carboxylic acids is 3. The summed E-state index contributed by atoms with van der Waals surface area (Å²) >= 11 is 0. The average molecular weight is 586 g/mol. The molecule has 42 heavy (non-hydrogen) atoms. The fraction of sp³-hybridized carbons (Fsp3) is 0.562. The van der Waals surface area contributed by atoms with E-state index in [4.69, 9.17) is 18.6 Å². The number of hydrogen-bond acceptors (Lipinski definition) is 10. The maximum absolute atomic E-state index is 13.2. The molecule has 1 aliphatic heterocycles. The minimum absolute atomic E-state index is 0.144. The fourth-order valence-corrected chi connectivity index (χ4v) is 4.96. The third-order valence-corrected chi connectivity index (χ3v) is 7.64. The summed E-state index contributed by atoms with van der Waals surface area (Å²) in [6.07, 6.45) is 4.79. The van der Waals surface area contributed by atoms with Gasteiger partial charge >= 0.3 is 17.9 Å². The summed E-state index contributed by atoms with van der Waals surface area (Å²) in [5, 5.41) is 20.4. The molecule has 2 aromatic rings. The molecular weight excluding hydrogens is 542 g/mol. The van der Waals surface area contributed by atoms with Crippen molar-refractivity contribution in [2.24, 2.45) is 11.8 Å². The Kier molecular flexibility index (Phi) is 11.9. The number of aromatic nitrogens is 1. The minimum Gasteiger partial charge on any atom is -0.458 e.